The summed E-state index contributed by atoms with van der Waals surface area (Å²) in [6.07, 6.45) is 0.155. The van der Waals surface area contributed by atoms with Crippen LogP contribution in [0.15, 0.2) is 24.3 Å². The molecule has 9 heteroatoms. The molecule has 0 saturated heterocycles. The number of hydrogen-bond acceptors (Lipinski definition) is 6. The number of nitrogens with one attached hydrogen (secondary N) is 2. The van der Waals surface area contributed by atoms with Gasteiger partial charge in [-0.05, 0) is 36.5 Å². The molecule has 1 aromatic carbocycles. The molecular formula is C19H30N2O6S. The third-order valence-electron chi connectivity index (χ3n) is 4.47. The van der Waals surface area contributed by atoms with E-state index in [4.69, 9.17) is 9.94 Å². The standard InChI is InChI=1S/C19H30N2O6S/c1-13(2)9-17(11-18(22)21-24)28(25,26)12-15(19(23)20-3)10-14-5-7-16(27-4)8-6-14/h5-8,13,15,17,24H,9-12H2,1-4H3,(H,20,23)(H,21,22). The van der Waals surface area contributed by atoms with Crippen LogP contribution in [0.1, 0.15) is 32.3 Å². The second-order valence-corrected chi connectivity index (χ2v) is 9.51. The van der Waals surface area contributed by atoms with Gasteiger partial charge in [0.2, 0.25) is 11.8 Å². The lowest BCUT2D eigenvalue weighted by atomic mass is 10.00. The minimum absolute atomic E-state index is 0.0336. The number of ether oxygens (including phenoxy) is 1. The van der Waals surface area contributed by atoms with E-state index in [0.29, 0.717) is 5.75 Å². The van der Waals surface area contributed by atoms with E-state index in [1.54, 1.807) is 31.4 Å². The fraction of sp³-hybridized carbons (Fsp3) is 0.579. The van der Waals surface area contributed by atoms with Crippen molar-refractivity contribution in [1.29, 1.82) is 0 Å². The Labute approximate surface area is 166 Å². The van der Waals surface area contributed by atoms with Crippen molar-refractivity contribution in [3.63, 3.8) is 0 Å². The molecule has 0 bridgehead atoms. The lowest BCUT2D eigenvalue weighted by Gasteiger charge is -2.22. The minimum atomic E-state index is -3.77. The van der Waals surface area contributed by atoms with E-state index in [1.807, 2.05) is 13.8 Å². The van der Waals surface area contributed by atoms with Crippen molar-refractivity contribution in [2.75, 3.05) is 19.9 Å². The van der Waals surface area contributed by atoms with Crippen LogP contribution in [0.4, 0.5) is 0 Å². The Bertz CT molecular complexity index is 746. The van der Waals surface area contributed by atoms with Gasteiger partial charge in [0.15, 0.2) is 9.84 Å². The first kappa shape index (κ1) is 23.9. The van der Waals surface area contributed by atoms with Crippen LogP contribution in [0.2, 0.25) is 0 Å². The molecule has 28 heavy (non-hydrogen) atoms. The molecule has 0 aliphatic heterocycles. The van der Waals surface area contributed by atoms with Gasteiger partial charge in [0.1, 0.15) is 5.75 Å². The van der Waals surface area contributed by atoms with Gasteiger partial charge in [0.05, 0.1) is 24.0 Å². The van der Waals surface area contributed by atoms with E-state index in [-0.39, 0.29) is 36.8 Å². The van der Waals surface area contributed by atoms with Crippen LogP contribution in [0.5, 0.6) is 5.75 Å². The summed E-state index contributed by atoms with van der Waals surface area (Å²) in [5, 5.41) is 10.3. The van der Waals surface area contributed by atoms with Crippen molar-refractivity contribution in [3.8, 4) is 5.75 Å². The second kappa shape index (κ2) is 11.0. The highest BCUT2D eigenvalue weighted by Gasteiger charge is 2.33. The predicted octanol–water partition coefficient (Wildman–Crippen LogP) is 1.32. The van der Waals surface area contributed by atoms with Gasteiger partial charge in [-0.1, -0.05) is 26.0 Å². The molecule has 2 atom stereocenters. The first-order valence-corrected chi connectivity index (χ1v) is 10.8. The smallest absolute Gasteiger partial charge is 0.244 e. The number of sulfone groups is 1. The summed E-state index contributed by atoms with van der Waals surface area (Å²) in [6, 6.07) is 7.06. The highest BCUT2D eigenvalue weighted by atomic mass is 32.2. The van der Waals surface area contributed by atoms with E-state index in [1.165, 1.54) is 12.5 Å². The fourth-order valence-corrected chi connectivity index (χ4v) is 5.21. The topological polar surface area (TPSA) is 122 Å². The monoisotopic (exact) mass is 414 g/mol. The average Bonchev–Trinajstić information content (AvgIpc) is 2.66. The molecule has 0 radical (unpaired) electrons. The van der Waals surface area contributed by atoms with Crippen LogP contribution in [-0.2, 0) is 25.8 Å². The average molecular weight is 415 g/mol. The molecule has 1 aromatic rings. The van der Waals surface area contributed by atoms with Crippen molar-refractivity contribution in [2.45, 2.75) is 38.4 Å². The molecule has 0 aliphatic rings. The van der Waals surface area contributed by atoms with Gasteiger partial charge in [0.25, 0.3) is 0 Å². The molecule has 1 rings (SSSR count). The quantitative estimate of drug-likeness (QED) is 0.371. The van der Waals surface area contributed by atoms with Gasteiger partial charge in [-0.25, -0.2) is 13.9 Å². The summed E-state index contributed by atoms with van der Waals surface area (Å²) in [7, 11) is -0.760. The summed E-state index contributed by atoms with van der Waals surface area (Å²) in [5.74, 6) is -1.62. The maximum absolute atomic E-state index is 13.0. The fourth-order valence-electron chi connectivity index (χ4n) is 3.03. The van der Waals surface area contributed by atoms with Gasteiger partial charge in [-0.2, -0.15) is 0 Å². The van der Waals surface area contributed by atoms with Gasteiger partial charge < -0.3 is 10.1 Å². The lowest BCUT2D eigenvalue weighted by molar-refractivity contribution is -0.129. The van der Waals surface area contributed by atoms with E-state index in [9.17, 15) is 18.0 Å². The molecule has 8 nitrogen and oxygen atoms in total. The number of hydrogen-bond donors (Lipinski definition) is 3. The SMILES string of the molecule is CNC(=O)C(Cc1ccc(OC)cc1)CS(=O)(=O)C(CC(=O)NO)CC(C)C. The number of methoxy groups -OCH3 is 1. The van der Waals surface area contributed by atoms with E-state index in [2.05, 4.69) is 5.32 Å². The Morgan fingerprint density at radius 2 is 1.79 bits per heavy atom. The predicted molar refractivity (Wildman–Crippen MR) is 106 cm³/mol. The van der Waals surface area contributed by atoms with E-state index in [0.717, 1.165) is 5.56 Å². The van der Waals surface area contributed by atoms with Crippen LogP contribution >= 0.6 is 0 Å². The Kier molecular flexibility index (Phi) is 9.40. The Morgan fingerprint density at radius 3 is 2.25 bits per heavy atom. The molecule has 0 spiro atoms. The van der Waals surface area contributed by atoms with Crippen molar-refractivity contribution in [3.05, 3.63) is 29.8 Å². The largest absolute Gasteiger partial charge is 0.497 e. The number of carbonyl (C=O) groups is 2. The number of rotatable bonds is 11. The van der Waals surface area contributed by atoms with Crippen LogP contribution in [0.25, 0.3) is 0 Å². The first-order chi connectivity index (χ1) is 13.1. The molecule has 0 aromatic heterocycles. The van der Waals surface area contributed by atoms with E-state index >= 15 is 0 Å². The van der Waals surface area contributed by atoms with Crippen LogP contribution in [-0.4, -0.2) is 50.6 Å². The third kappa shape index (κ3) is 7.47. The first-order valence-electron chi connectivity index (χ1n) is 9.12. The normalized spacial score (nSPS) is 13.6. The van der Waals surface area contributed by atoms with Gasteiger partial charge in [-0.15, -0.1) is 0 Å². The van der Waals surface area contributed by atoms with Crippen molar-refractivity contribution < 1.29 is 28.0 Å². The molecule has 0 fully saturated rings. The minimum Gasteiger partial charge on any atom is -0.497 e. The molecule has 0 aliphatic carbocycles. The number of amides is 2. The van der Waals surface area contributed by atoms with Crippen molar-refractivity contribution >= 4 is 21.7 Å². The Hall–Kier alpha value is -2.13. The van der Waals surface area contributed by atoms with Crippen molar-refractivity contribution in [1.82, 2.24) is 10.8 Å². The summed E-state index contributed by atoms with van der Waals surface area (Å²) in [5.41, 5.74) is 2.29. The lowest BCUT2D eigenvalue weighted by Crippen LogP contribution is -2.39. The summed E-state index contributed by atoms with van der Waals surface area (Å²) in [4.78, 5) is 23.9. The summed E-state index contributed by atoms with van der Waals surface area (Å²) < 4.78 is 31.1. The summed E-state index contributed by atoms with van der Waals surface area (Å²) in [6.45, 7) is 3.71. The molecular weight excluding hydrogens is 384 g/mol. The highest BCUT2D eigenvalue weighted by Crippen LogP contribution is 2.22. The number of hydroxylamine groups is 1. The molecule has 2 unspecified atom stereocenters. The van der Waals surface area contributed by atoms with Gasteiger partial charge in [-0.3, -0.25) is 14.8 Å². The molecule has 0 heterocycles. The van der Waals surface area contributed by atoms with Crippen LogP contribution in [0.3, 0.4) is 0 Å². The molecule has 3 N–H and O–H groups in total. The number of benzene rings is 1. The van der Waals surface area contributed by atoms with Crippen molar-refractivity contribution in [2.24, 2.45) is 11.8 Å². The zero-order valence-electron chi connectivity index (χ0n) is 16.8. The van der Waals surface area contributed by atoms with Crippen LogP contribution < -0.4 is 15.5 Å². The molecule has 2 amide bonds. The third-order valence-corrected chi connectivity index (χ3v) is 6.71. The zero-order valence-corrected chi connectivity index (χ0v) is 17.6. The maximum Gasteiger partial charge on any atom is 0.244 e. The van der Waals surface area contributed by atoms with Gasteiger partial charge in [0, 0.05) is 13.5 Å². The molecule has 0 saturated carbocycles. The van der Waals surface area contributed by atoms with Crippen LogP contribution in [0, 0.1) is 11.8 Å². The van der Waals surface area contributed by atoms with E-state index < -0.39 is 26.9 Å². The Balaban J connectivity index is 3.05. The Morgan fingerprint density at radius 1 is 1.18 bits per heavy atom. The molecule has 158 valence electrons. The second-order valence-electron chi connectivity index (χ2n) is 7.18. The number of carbonyl (C=O) groups excluding carboxylic acids is 2. The van der Waals surface area contributed by atoms with Gasteiger partial charge >= 0.3 is 0 Å². The zero-order chi connectivity index (χ0) is 21.3. The highest BCUT2D eigenvalue weighted by molar-refractivity contribution is 7.92. The summed E-state index contributed by atoms with van der Waals surface area (Å²) >= 11 is 0. The maximum atomic E-state index is 13.0.